The molecule has 154 valence electrons. The van der Waals surface area contributed by atoms with Crippen LogP contribution in [0.4, 0.5) is 0 Å². The molecule has 32 heavy (non-hydrogen) atoms. The quantitative estimate of drug-likeness (QED) is 0.358. The monoisotopic (exact) mass is 431 g/mol. The summed E-state index contributed by atoms with van der Waals surface area (Å²) in [6.45, 7) is 0. The third-order valence-corrected chi connectivity index (χ3v) is 5.64. The predicted molar refractivity (Wildman–Crippen MR) is 130 cm³/mol. The number of aromatic nitrogens is 3. The first-order valence-electron chi connectivity index (χ1n) is 10.2. The molecule has 5 aromatic rings. The van der Waals surface area contributed by atoms with Gasteiger partial charge in [0.2, 0.25) is 0 Å². The van der Waals surface area contributed by atoms with Crippen LogP contribution >= 0.6 is 0 Å². The topological polar surface area (TPSA) is 47.9 Å². The molecule has 0 N–H and O–H groups in total. The summed E-state index contributed by atoms with van der Waals surface area (Å²) in [5, 5.41) is 11.3. The molecule has 0 unspecified atom stereocenters. The van der Waals surface area contributed by atoms with Crippen molar-refractivity contribution in [2.24, 2.45) is 0 Å². The van der Waals surface area contributed by atoms with Crippen LogP contribution in [0.3, 0.4) is 0 Å². The van der Waals surface area contributed by atoms with Crippen molar-refractivity contribution in [2.45, 2.75) is 0 Å². The van der Waals surface area contributed by atoms with Gasteiger partial charge in [0.15, 0.2) is 0 Å². The third-order valence-electron chi connectivity index (χ3n) is 4.66. The fourth-order valence-corrected chi connectivity index (χ4v) is 4.07. The molecule has 0 saturated heterocycles. The lowest BCUT2D eigenvalue weighted by atomic mass is 10.1. The third kappa shape index (κ3) is 5.74. The molecule has 0 atom stereocenters. The summed E-state index contributed by atoms with van der Waals surface area (Å²) in [7, 11) is 0.248. The van der Waals surface area contributed by atoms with Crippen LogP contribution in [0.1, 0.15) is 0 Å². The van der Waals surface area contributed by atoms with Gasteiger partial charge in [-0.2, -0.15) is 0 Å². The van der Waals surface area contributed by atoms with E-state index in [2.05, 4.69) is 100 Å². The summed E-state index contributed by atoms with van der Waals surface area (Å²) >= 11 is 0. The summed E-state index contributed by atoms with van der Waals surface area (Å²) in [6, 6.07) is 39.2. The van der Waals surface area contributed by atoms with Gasteiger partial charge in [-0.25, -0.2) is 0 Å². The Labute approximate surface area is 190 Å². The van der Waals surface area contributed by atoms with E-state index in [-0.39, 0.29) is 9.76 Å². The van der Waals surface area contributed by atoms with Gasteiger partial charge in [-0.05, 0) is 39.2 Å². The first-order valence-corrected chi connectivity index (χ1v) is 11.1. The maximum absolute atomic E-state index is 6.27. The van der Waals surface area contributed by atoms with Crippen LogP contribution in [-0.4, -0.2) is 25.2 Å². The number of rotatable bonds is 5. The second-order valence-electron chi connectivity index (χ2n) is 6.79. The Hall–Kier alpha value is -4.09. The first kappa shape index (κ1) is 21.2. The Morgan fingerprint density at radius 2 is 1.03 bits per heavy atom. The second kappa shape index (κ2) is 11.3. The van der Waals surface area contributed by atoms with Gasteiger partial charge >= 0.3 is 9.76 Å². The lowest BCUT2D eigenvalue weighted by Crippen LogP contribution is -2.22. The van der Waals surface area contributed by atoms with E-state index < -0.39 is 0 Å². The minimum Gasteiger partial charge on any atom is -0.535 e. The lowest BCUT2D eigenvalue weighted by Gasteiger charge is -2.13. The molecular formula is C27H21N3OSi. The smallest absolute Gasteiger partial charge is 0.351 e. The van der Waals surface area contributed by atoms with Crippen molar-refractivity contribution in [2.75, 3.05) is 0 Å². The normalized spacial score (nSPS) is 10.0. The molecule has 1 heterocycles. The van der Waals surface area contributed by atoms with Crippen molar-refractivity contribution in [1.82, 2.24) is 15.4 Å². The van der Waals surface area contributed by atoms with Crippen LogP contribution in [0.2, 0.25) is 0 Å². The summed E-state index contributed by atoms with van der Waals surface area (Å²) in [6.07, 6.45) is 3.15. The summed E-state index contributed by atoms with van der Waals surface area (Å²) in [5.41, 5.74) is 4.74. The highest BCUT2D eigenvalue weighted by Gasteiger charge is 2.10. The van der Waals surface area contributed by atoms with Gasteiger partial charge < -0.3 is 4.43 Å². The fourth-order valence-electron chi connectivity index (χ4n) is 3.17. The highest BCUT2D eigenvalue weighted by molar-refractivity contribution is 6.50. The first-order chi connectivity index (χ1) is 15.9. The molecule has 4 aromatic carbocycles. The van der Waals surface area contributed by atoms with Crippen LogP contribution in [0.5, 0.6) is 5.75 Å². The minimum absolute atomic E-state index is 0.248. The summed E-state index contributed by atoms with van der Waals surface area (Å²) in [4.78, 5) is 0. The molecule has 0 bridgehead atoms. The van der Waals surface area contributed by atoms with Crippen LogP contribution in [0, 0.1) is 0 Å². The molecule has 1 aromatic heterocycles. The molecule has 0 saturated carbocycles. The highest BCUT2D eigenvalue weighted by Crippen LogP contribution is 2.29. The van der Waals surface area contributed by atoms with E-state index in [0.717, 1.165) is 11.3 Å². The fraction of sp³-hybridized carbons (Fsp3) is 0. The van der Waals surface area contributed by atoms with Crippen LogP contribution in [0.25, 0.3) is 22.3 Å². The van der Waals surface area contributed by atoms with Crippen molar-refractivity contribution in [3.05, 3.63) is 128 Å². The Bertz CT molecular complexity index is 1110. The molecule has 5 rings (SSSR count). The summed E-state index contributed by atoms with van der Waals surface area (Å²) in [5.74, 6) is 0.917. The zero-order chi connectivity index (χ0) is 21.8. The van der Waals surface area contributed by atoms with E-state index in [1.54, 1.807) is 18.5 Å². The van der Waals surface area contributed by atoms with Crippen LogP contribution in [-0.2, 0) is 0 Å². The minimum atomic E-state index is 0.248. The van der Waals surface area contributed by atoms with E-state index >= 15 is 0 Å². The van der Waals surface area contributed by atoms with Crippen LogP contribution < -0.4 is 9.61 Å². The Morgan fingerprint density at radius 1 is 0.500 bits per heavy atom. The van der Waals surface area contributed by atoms with E-state index in [9.17, 15) is 0 Å². The molecule has 4 nitrogen and oxygen atoms in total. The maximum atomic E-state index is 6.27. The number of benzene rings is 4. The molecule has 0 aliphatic heterocycles. The van der Waals surface area contributed by atoms with Crippen molar-refractivity contribution < 1.29 is 4.43 Å². The highest BCUT2D eigenvalue weighted by atomic mass is 28.2. The molecule has 0 spiro atoms. The van der Waals surface area contributed by atoms with Gasteiger partial charge in [-0.15, -0.1) is 10.2 Å². The molecular weight excluding hydrogens is 410 g/mol. The van der Waals surface area contributed by atoms with E-state index in [4.69, 9.17) is 4.43 Å². The maximum Gasteiger partial charge on any atom is 0.351 e. The van der Waals surface area contributed by atoms with Crippen molar-refractivity contribution >= 4 is 14.9 Å². The van der Waals surface area contributed by atoms with Crippen molar-refractivity contribution in [1.29, 1.82) is 0 Å². The van der Waals surface area contributed by atoms with E-state index in [1.165, 1.54) is 21.9 Å². The van der Waals surface area contributed by atoms with Crippen molar-refractivity contribution in [3.8, 4) is 28.0 Å². The predicted octanol–water partition coefficient (Wildman–Crippen LogP) is 5.22. The molecule has 0 fully saturated rings. The van der Waals surface area contributed by atoms with E-state index in [0.29, 0.717) is 0 Å². The van der Waals surface area contributed by atoms with E-state index in [1.807, 2.05) is 24.3 Å². The van der Waals surface area contributed by atoms with Gasteiger partial charge in [-0.1, -0.05) is 103 Å². The number of nitrogens with zero attached hydrogens (tertiary/aromatic N) is 3. The van der Waals surface area contributed by atoms with Gasteiger partial charge in [0.25, 0.3) is 0 Å². The largest absolute Gasteiger partial charge is 0.535 e. The zero-order valence-electron chi connectivity index (χ0n) is 17.4. The van der Waals surface area contributed by atoms with Crippen LogP contribution in [0.15, 0.2) is 128 Å². The van der Waals surface area contributed by atoms with Gasteiger partial charge in [0.05, 0.1) is 12.4 Å². The molecule has 5 heteroatoms. The van der Waals surface area contributed by atoms with Crippen molar-refractivity contribution in [3.63, 3.8) is 0 Å². The molecule has 0 aliphatic rings. The second-order valence-corrected chi connectivity index (χ2v) is 7.74. The Kier molecular flexibility index (Phi) is 7.50. The number of para-hydroxylation sites is 1. The zero-order valence-corrected chi connectivity index (χ0v) is 18.4. The van der Waals surface area contributed by atoms with Gasteiger partial charge in [0, 0.05) is 5.56 Å². The molecule has 0 amide bonds. The lowest BCUT2D eigenvalue weighted by molar-refractivity contribution is 0.607. The molecule has 2 radical (unpaired) electrons. The average molecular weight is 432 g/mol. The Balaban J connectivity index is 0.000000354. The number of hydrogen-bond acceptors (Lipinski definition) is 4. The average Bonchev–Trinajstić information content (AvgIpc) is 2.90. The number of hydrogen-bond donors (Lipinski definition) is 0. The molecule has 0 aliphatic carbocycles. The van der Waals surface area contributed by atoms with Gasteiger partial charge in [0.1, 0.15) is 5.75 Å². The van der Waals surface area contributed by atoms with Gasteiger partial charge in [-0.3, -0.25) is 0 Å². The standard InChI is InChI=1S/C24H18OSi.C3H3N3/c1-3-11-19(12-4-1)21-15-7-9-17-23(21)25-26-24-18-10-8-16-22(24)20-13-5-2-6-14-20;1-2-4-6-5-3-1/h1-18H;1-3H. The summed E-state index contributed by atoms with van der Waals surface area (Å²) < 4.78 is 6.27. The Morgan fingerprint density at radius 3 is 1.62 bits per heavy atom. The SMILES string of the molecule is c1ccc(-c2ccccc2O[Si]c2ccccc2-c2ccccc2)cc1.c1cnnnc1.